The highest BCUT2D eigenvalue weighted by atomic mass is 35.5. The molecule has 3 nitrogen and oxygen atoms in total. The number of hydrogen-bond acceptors (Lipinski definition) is 3. The number of hydrogen-bond donors (Lipinski definition) is 1. The van der Waals surface area contributed by atoms with E-state index < -0.39 is 0 Å². The monoisotopic (exact) mass is 387 g/mol. The number of halogens is 1. The van der Waals surface area contributed by atoms with Crippen LogP contribution < -0.4 is 10.1 Å². The van der Waals surface area contributed by atoms with Gasteiger partial charge in [-0.2, -0.15) is 0 Å². The van der Waals surface area contributed by atoms with E-state index in [2.05, 4.69) is 55.6 Å². The van der Waals surface area contributed by atoms with Gasteiger partial charge in [0.25, 0.3) is 0 Å². The van der Waals surface area contributed by atoms with Gasteiger partial charge in [0.2, 0.25) is 0 Å². The summed E-state index contributed by atoms with van der Waals surface area (Å²) < 4.78 is 11.4. The van der Waals surface area contributed by atoms with Crippen molar-refractivity contribution in [3.8, 4) is 5.75 Å². The van der Waals surface area contributed by atoms with Crippen LogP contribution in [0.5, 0.6) is 5.75 Å². The van der Waals surface area contributed by atoms with E-state index in [4.69, 9.17) is 21.1 Å². The topological polar surface area (TPSA) is 30.5 Å². The van der Waals surface area contributed by atoms with Crippen molar-refractivity contribution in [2.75, 3.05) is 20.3 Å². The number of nitrogens with one attached hydrogen (secondary N) is 1. The first-order valence-corrected chi connectivity index (χ1v) is 10.1. The summed E-state index contributed by atoms with van der Waals surface area (Å²) in [6.07, 6.45) is 2.15. The molecule has 0 bridgehead atoms. The zero-order valence-electron chi connectivity index (χ0n) is 16.5. The molecule has 0 aromatic heterocycles. The van der Waals surface area contributed by atoms with Crippen LogP contribution in [-0.4, -0.2) is 25.9 Å². The maximum Gasteiger partial charge on any atom is 0.118 e. The molecule has 0 amide bonds. The lowest BCUT2D eigenvalue weighted by atomic mass is 9.71. The molecule has 2 unspecified atom stereocenters. The van der Waals surface area contributed by atoms with Gasteiger partial charge in [0.15, 0.2) is 0 Å². The van der Waals surface area contributed by atoms with E-state index in [1.807, 2.05) is 12.1 Å². The summed E-state index contributed by atoms with van der Waals surface area (Å²) in [6.45, 7) is 7.10. The van der Waals surface area contributed by atoms with Gasteiger partial charge in [-0.05, 0) is 80.5 Å². The van der Waals surface area contributed by atoms with Gasteiger partial charge in [-0.25, -0.2) is 0 Å². The summed E-state index contributed by atoms with van der Waals surface area (Å²) >= 11 is 5.96. The molecule has 1 heterocycles. The Labute approximate surface area is 168 Å². The molecule has 2 atom stereocenters. The summed E-state index contributed by atoms with van der Waals surface area (Å²) in [6, 6.07) is 16.6. The fourth-order valence-electron chi connectivity index (χ4n) is 4.13. The molecule has 1 aliphatic rings. The SMILES string of the molecule is COc1ccc(C2CCOC(C)(C)C2CCNCc2ccc(Cl)cc2)cc1. The number of benzene rings is 2. The lowest BCUT2D eigenvalue weighted by Crippen LogP contribution is -2.44. The van der Waals surface area contributed by atoms with Crippen molar-refractivity contribution in [2.24, 2.45) is 5.92 Å². The molecule has 2 aromatic carbocycles. The highest BCUT2D eigenvalue weighted by molar-refractivity contribution is 6.30. The first-order valence-electron chi connectivity index (χ1n) is 9.72. The van der Waals surface area contributed by atoms with E-state index in [0.717, 1.165) is 43.3 Å². The quantitative estimate of drug-likeness (QED) is 0.643. The van der Waals surface area contributed by atoms with Gasteiger partial charge >= 0.3 is 0 Å². The molecule has 0 saturated carbocycles. The summed E-state index contributed by atoms with van der Waals surface area (Å²) in [5.41, 5.74) is 2.52. The molecule has 1 fully saturated rings. The molecule has 1 aliphatic heterocycles. The van der Waals surface area contributed by atoms with Gasteiger partial charge in [0, 0.05) is 18.2 Å². The van der Waals surface area contributed by atoms with E-state index in [9.17, 15) is 0 Å². The summed E-state index contributed by atoms with van der Waals surface area (Å²) in [4.78, 5) is 0. The minimum atomic E-state index is -0.120. The average molecular weight is 388 g/mol. The molecule has 2 aromatic rings. The van der Waals surface area contributed by atoms with Crippen LogP contribution in [0.15, 0.2) is 48.5 Å². The largest absolute Gasteiger partial charge is 0.497 e. The second kappa shape index (κ2) is 9.09. The van der Waals surface area contributed by atoms with E-state index in [0.29, 0.717) is 11.8 Å². The molecule has 3 rings (SSSR count). The van der Waals surface area contributed by atoms with Crippen LogP contribution in [0.25, 0.3) is 0 Å². The number of ether oxygens (including phenoxy) is 2. The van der Waals surface area contributed by atoms with Gasteiger partial charge in [-0.1, -0.05) is 35.9 Å². The van der Waals surface area contributed by atoms with Crippen molar-refractivity contribution in [1.29, 1.82) is 0 Å². The van der Waals surface area contributed by atoms with Crippen LogP contribution in [0.3, 0.4) is 0 Å². The molecular weight excluding hydrogens is 358 g/mol. The minimum absolute atomic E-state index is 0.120. The molecule has 0 spiro atoms. The molecular formula is C23H30ClNO2. The Morgan fingerprint density at radius 1 is 1.11 bits per heavy atom. The highest BCUT2D eigenvalue weighted by Gasteiger charge is 2.40. The van der Waals surface area contributed by atoms with Crippen LogP contribution in [0.4, 0.5) is 0 Å². The molecule has 1 saturated heterocycles. The molecule has 27 heavy (non-hydrogen) atoms. The van der Waals surface area contributed by atoms with Gasteiger partial charge in [-0.15, -0.1) is 0 Å². The molecule has 4 heteroatoms. The molecule has 0 aliphatic carbocycles. The van der Waals surface area contributed by atoms with Crippen molar-refractivity contribution in [2.45, 2.75) is 44.8 Å². The first-order chi connectivity index (χ1) is 13.0. The second-order valence-electron chi connectivity index (χ2n) is 7.82. The van der Waals surface area contributed by atoms with Crippen molar-refractivity contribution < 1.29 is 9.47 Å². The predicted octanol–water partition coefficient (Wildman–Crippen LogP) is 5.43. The van der Waals surface area contributed by atoms with E-state index in [1.165, 1.54) is 11.1 Å². The predicted molar refractivity (Wildman–Crippen MR) is 112 cm³/mol. The Bertz CT molecular complexity index is 712. The smallest absolute Gasteiger partial charge is 0.118 e. The Morgan fingerprint density at radius 2 is 1.81 bits per heavy atom. The Hall–Kier alpha value is -1.55. The van der Waals surface area contributed by atoms with E-state index in [1.54, 1.807) is 7.11 Å². The summed E-state index contributed by atoms with van der Waals surface area (Å²) in [5.74, 6) is 1.89. The molecule has 146 valence electrons. The summed E-state index contributed by atoms with van der Waals surface area (Å²) in [5, 5.41) is 4.36. The fourth-order valence-corrected chi connectivity index (χ4v) is 4.26. The third-order valence-corrected chi connectivity index (χ3v) is 5.95. The Morgan fingerprint density at radius 3 is 2.48 bits per heavy atom. The van der Waals surface area contributed by atoms with Crippen LogP contribution >= 0.6 is 11.6 Å². The van der Waals surface area contributed by atoms with Crippen molar-refractivity contribution in [3.05, 3.63) is 64.7 Å². The third-order valence-electron chi connectivity index (χ3n) is 5.70. The van der Waals surface area contributed by atoms with Gasteiger partial charge in [-0.3, -0.25) is 0 Å². The third kappa shape index (κ3) is 5.25. The van der Waals surface area contributed by atoms with Crippen molar-refractivity contribution in [1.82, 2.24) is 5.32 Å². The van der Waals surface area contributed by atoms with Crippen LogP contribution in [0, 0.1) is 5.92 Å². The minimum Gasteiger partial charge on any atom is -0.497 e. The van der Waals surface area contributed by atoms with Gasteiger partial charge < -0.3 is 14.8 Å². The molecule has 0 radical (unpaired) electrons. The van der Waals surface area contributed by atoms with E-state index >= 15 is 0 Å². The standard InChI is InChI=1S/C23H30ClNO2/c1-23(2)22(12-14-25-16-17-4-8-19(24)9-5-17)21(13-15-27-23)18-6-10-20(26-3)11-7-18/h4-11,21-22,25H,12-16H2,1-3H3. The number of rotatable bonds is 7. The van der Waals surface area contributed by atoms with Crippen LogP contribution in [0.1, 0.15) is 43.7 Å². The zero-order valence-corrected chi connectivity index (χ0v) is 17.3. The Balaban J connectivity index is 1.62. The molecule has 1 N–H and O–H groups in total. The van der Waals surface area contributed by atoms with Crippen LogP contribution in [0.2, 0.25) is 5.02 Å². The fraction of sp³-hybridized carbons (Fsp3) is 0.478. The second-order valence-corrected chi connectivity index (χ2v) is 8.26. The van der Waals surface area contributed by atoms with Crippen molar-refractivity contribution >= 4 is 11.6 Å². The Kier molecular flexibility index (Phi) is 6.80. The summed E-state index contributed by atoms with van der Waals surface area (Å²) in [7, 11) is 1.71. The number of methoxy groups -OCH3 is 1. The van der Waals surface area contributed by atoms with Crippen molar-refractivity contribution in [3.63, 3.8) is 0 Å². The lowest BCUT2D eigenvalue weighted by molar-refractivity contribution is -0.105. The lowest BCUT2D eigenvalue weighted by Gasteiger charge is -2.44. The van der Waals surface area contributed by atoms with Gasteiger partial charge in [0.1, 0.15) is 5.75 Å². The first kappa shape index (κ1) is 20.2. The van der Waals surface area contributed by atoms with E-state index in [-0.39, 0.29) is 5.60 Å². The zero-order chi connectivity index (χ0) is 19.3. The average Bonchev–Trinajstić information content (AvgIpc) is 2.67. The highest BCUT2D eigenvalue weighted by Crippen LogP contribution is 2.43. The maximum absolute atomic E-state index is 6.14. The maximum atomic E-state index is 6.14. The van der Waals surface area contributed by atoms with Gasteiger partial charge in [0.05, 0.1) is 12.7 Å². The van der Waals surface area contributed by atoms with Crippen LogP contribution in [-0.2, 0) is 11.3 Å². The normalized spacial score (nSPS) is 21.8.